The minimum Gasteiger partial charge on any atom is -0.283 e. The zero-order valence-corrected chi connectivity index (χ0v) is 14.5. The standard InChI is InChI=1S/C20H23N4O/c1-24(17-21)14-12-22(13-15-24)16-20(25)23(18-8-4-2-5-9-18)19-10-6-3-7-11-19/h2-11H,12-16H2,1H3/q+1. The highest BCUT2D eigenvalue weighted by molar-refractivity contribution is 6.01. The number of nitriles is 1. The third-order valence-corrected chi connectivity index (χ3v) is 4.70. The van der Waals surface area contributed by atoms with E-state index in [9.17, 15) is 10.1 Å². The molecule has 5 heteroatoms. The van der Waals surface area contributed by atoms with Crippen molar-refractivity contribution in [2.45, 2.75) is 0 Å². The van der Waals surface area contributed by atoms with Crippen molar-refractivity contribution >= 4 is 17.3 Å². The van der Waals surface area contributed by atoms with Crippen LogP contribution in [-0.2, 0) is 4.79 Å². The zero-order chi connectivity index (χ0) is 17.7. The molecule has 0 bridgehead atoms. The van der Waals surface area contributed by atoms with E-state index in [-0.39, 0.29) is 5.91 Å². The van der Waals surface area contributed by atoms with E-state index in [1.54, 1.807) is 4.90 Å². The Labute approximate surface area is 148 Å². The van der Waals surface area contributed by atoms with Crippen LogP contribution >= 0.6 is 0 Å². The third kappa shape index (κ3) is 4.05. The number of quaternary nitrogens is 1. The summed E-state index contributed by atoms with van der Waals surface area (Å²) >= 11 is 0. The van der Waals surface area contributed by atoms with Crippen LogP contribution in [0.3, 0.4) is 0 Å². The highest BCUT2D eigenvalue weighted by Gasteiger charge is 2.31. The smallest absolute Gasteiger partial charge is 0.283 e. The molecule has 25 heavy (non-hydrogen) atoms. The molecule has 2 aromatic carbocycles. The lowest BCUT2D eigenvalue weighted by Crippen LogP contribution is -2.55. The number of rotatable bonds is 4. The Morgan fingerprint density at radius 1 is 1.04 bits per heavy atom. The summed E-state index contributed by atoms with van der Waals surface area (Å²) < 4.78 is 0.409. The van der Waals surface area contributed by atoms with Crippen LogP contribution in [0.5, 0.6) is 0 Å². The molecule has 0 spiro atoms. The van der Waals surface area contributed by atoms with E-state index in [4.69, 9.17) is 0 Å². The summed E-state index contributed by atoms with van der Waals surface area (Å²) in [6.45, 7) is 3.37. The Morgan fingerprint density at radius 2 is 1.52 bits per heavy atom. The summed E-state index contributed by atoms with van der Waals surface area (Å²) in [5.41, 5.74) is 1.74. The number of para-hydroxylation sites is 2. The van der Waals surface area contributed by atoms with E-state index >= 15 is 0 Å². The SMILES string of the molecule is C[N+]1(C#N)CCN(CC(=O)N(c2ccccc2)c2ccccc2)CC1. The summed E-state index contributed by atoms with van der Waals surface area (Å²) in [5.74, 6) is 0.0467. The van der Waals surface area contributed by atoms with Gasteiger partial charge in [0.1, 0.15) is 13.1 Å². The van der Waals surface area contributed by atoms with Crippen molar-refractivity contribution in [1.82, 2.24) is 4.90 Å². The van der Waals surface area contributed by atoms with Crippen molar-refractivity contribution in [3.8, 4) is 6.19 Å². The second kappa shape index (κ2) is 7.47. The average molecular weight is 335 g/mol. The number of anilines is 2. The van der Waals surface area contributed by atoms with Gasteiger partial charge in [-0.3, -0.25) is 14.6 Å². The van der Waals surface area contributed by atoms with Gasteiger partial charge in [0.25, 0.3) is 0 Å². The lowest BCUT2D eigenvalue weighted by atomic mass is 10.2. The largest absolute Gasteiger partial charge is 0.308 e. The second-order valence-corrected chi connectivity index (χ2v) is 6.62. The number of amides is 1. The van der Waals surface area contributed by atoms with Gasteiger partial charge in [0.2, 0.25) is 5.91 Å². The quantitative estimate of drug-likeness (QED) is 0.637. The monoisotopic (exact) mass is 335 g/mol. The van der Waals surface area contributed by atoms with Crippen LogP contribution in [-0.4, -0.2) is 55.1 Å². The van der Waals surface area contributed by atoms with E-state index in [2.05, 4.69) is 11.1 Å². The molecule has 1 aliphatic rings. The number of carbonyl (C=O) groups is 1. The van der Waals surface area contributed by atoms with Gasteiger partial charge in [-0.2, -0.15) is 0 Å². The van der Waals surface area contributed by atoms with Crippen molar-refractivity contribution in [3.63, 3.8) is 0 Å². The number of nitrogens with zero attached hydrogens (tertiary/aromatic N) is 4. The molecule has 1 fully saturated rings. The molecule has 128 valence electrons. The van der Waals surface area contributed by atoms with Crippen LogP contribution in [0.15, 0.2) is 60.7 Å². The average Bonchev–Trinajstić information content (AvgIpc) is 2.66. The Hall–Kier alpha value is -2.68. The molecular weight excluding hydrogens is 312 g/mol. The normalized spacial score (nSPS) is 16.8. The van der Waals surface area contributed by atoms with Crippen LogP contribution in [0, 0.1) is 11.5 Å². The molecular formula is C20H23N4O+. The van der Waals surface area contributed by atoms with Gasteiger partial charge >= 0.3 is 6.19 Å². The molecule has 3 rings (SSSR count). The van der Waals surface area contributed by atoms with E-state index in [1.807, 2.05) is 67.7 Å². The first-order chi connectivity index (χ1) is 12.1. The predicted octanol–water partition coefficient (Wildman–Crippen LogP) is 2.59. The molecule has 0 aromatic heterocycles. The van der Waals surface area contributed by atoms with Gasteiger partial charge in [-0.25, -0.2) is 4.48 Å². The molecule has 0 radical (unpaired) electrons. The Kier molecular flexibility index (Phi) is 5.13. The fraction of sp³-hybridized carbons (Fsp3) is 0.300. The van der Waals surface area contributed by atoms with Crippen LogP contribution in [0.4, 0.5) is 11.4 Å². The van der Waals surface area contributed by atoms with Crippen molar-refractivity contribution in [3.05, 3.63) is 60.7 Å². The van der Waals surface area contributed by atoms with E-state index in [0.29, 0.717) is 11.0 Å². The van der Waals surface area contributed by atoms with Crippen molar-refractivity contribution in [2.24, 2.45) is 0 Å². The fourth-order valence-electron chi connectivity index (χ4n) is 3.06. The Morgan fingerprint density at radius 3 is 1.96 bits per heavy atom. The molecule has 1 heterocycles. The maximum absolute atomic E-state index is 13.1. The summed E-state index contributed by atoms with van der Waals surface area (Å²) in [4.78, 5) is 17.0. The van der Waals surface area contributed by atoms with Crippen LogP contribution < -0.4 is 4.90 Å². The molecule has 0 N–H and O–H groups in total. The maximum Gasteiger partial charge on any atom is 0.308 e. The lowest BCUT2D eigenvalue weighted by Gasteiger charge is -2.36. The predicted molar refractivity (Wildman–Crippen MR) is 98.0 cm³/mol. The van der Waals surface area contributed by atoms with Gasteiger partial charge in [-0.05, 0) is 24.3 Å². The first-order valence-corrected chi connectivity index (χ1v) is 8.53. The van der Waals surface area contributed by atoms with Crippen molar-refractivity contribution < 1.29 is 9.28 Å². The van der Waals surface area contributed by atoms with Crippen LogP contribution in [0.1, 0.15) is 0 Å². The lowest BCUT2D eigenvalue weighted by molar-refractivity contribution is -0.850. The Balaban J connectivity index is 1.76. The van der Waals surface area contributed by atoms with E-state index < -0.39 is 0 Å². The summed E-state index contributed by atoms with van der Waals surface area (Å²) in [7, 11) is 1.94. The number of piperazine rings is 1. The Bertz CT molecular complexity index is 707. The molecule has 0 saturated carbocycles. The minimum absolute atomic E-state index is 0.0467. The summed E-state index contributed by atoms with van der Waals surface area (Å²) in [6, 6.07) is 19.4. The highest BCUT2D eigenvalue weighted by Crippen LogP contribution is 2.25. The van der Waals surface area contributed by atoms with Crippen LogP contribution in [0.2, 0.25) is 0 Å². The van der Waals surface area contributed by atoms with Gasteiger partial charge in [0.15, 0.2) is 0 Å². The molecule has 2 aromatic rings. The topological polar surface area (TPSA) is 47.3 Å². The first kappa shape index (κ1) is 17.2. The molecule has 1 saturated heterocycles. The minimum atomic E-state index is 0.0467. The van der Waals surface area contributed by atoms with Gasteiger partial charge in [0, 0.05) is 24.5 Å². The zero-order valence-electron chi connectivity index (χ0n) is 14.5. The van der Waals surface area contributed by atoms with E-state index in [1.165, 1.54) is 0 Å². The second-order valence-electron chi connectivity index (χ2n) is 6.62. The molecule has 1 amide bonds. The molecule has 0 aliphatic carbocycles. The number of hydrogen-bond acceptors (Lipinski definition) is 3. The molecule has 0 atom stereocenters. The highest BCUT2D eigenvalue weighted by atomic mass is 16.2. The summed E-state index contributed by atoms with van der Waals surface area (Å²) in [5, 5.41) is 9.23. The molecule has 1 aliphatic heterocycles. The van der Waals surface area contributed by atoms with E-state index in [0.717, 1.165) is 37.6 Å². The molecule has 5 nitrogen and oxygen atoms in total. The van der Waals surface area contributed by atoms with Gasteiger partial charge in [-0.1, -0.05) is 36.4 Å². The number of carbonyl (C=O) groups excluding carboxylic acids is 1. The molecule has 0 unspecified atom stereocenters. The number of hydrogen-bond donors (Lipinski definition) is 0. The third-order valence-electron chi connectivity index (χ3n) is 4.70. The number of likely N-dealkylation sites (N-methyl/N-ethyl adjacent to an activating group) is 1. The fourth-order valence-corrected chi connectivity index (χ4v) is 3.06. The maximum atomic E-state index is 13.1. The number of benzene rings is 2. The van der Waals surface area contributed by atoms with Crippen LogP contribution in [0.25, 0.3) is 0 Å². The van der Waals surface area contributed by atoms with Crippen molar-refractivity contribution in [2.75, 3.05) is 44.7 Å². The van der Waals surface area contributed by atoms with Crippen molar-refractivity contribution in [1.29, 1.82) is 5.26 Å². The summed E-state index contributed by atoms with van der Waals surface area (Å²) in [6.07, 6.45) is 2.34. The van der Waals surface area contributed by atoms with Gasteiger partial charge in [0.05, 0.1) is 13.6 Å². The van der Waals surface area contributed by atoms with Gasteiger partial charge in [-0.15, -0.1) is 5.26 Å². The first-order valence-electron chi connectivity index (χ1n) is 8.53. The van der Waals surface area contributed by atoms with Gasteiger partial charge < -0.3 is 0 Å².